The van der Waals surface area contributed by atoms with E-state index in [1.54, 1.807) is 0 Å². The number of amides is 1. The zero-order valence-corrected chi connectivity index (χ0v) is 38.9. The van der Waals surface area contributed by atoms with Crippen molar-refractivity contribution in [2.75, 3.05) is 6.61 Å². The van der Waals surface area contributed by atoms with Crippen LogP contribution in [0.15, 0.2) is 60.8 Å². The standard InChI is InChI=1S/C53H95NO5/c1-4-7-10-13-16-19-21-23-25-27-28-30-33-35-38-41-44-49(47-52(57)54-50(48-55)51(56)45-42-39-36-32-18-15-12-9-6-3)59-53(58)46-43-40-37-34-31-29-26-24-22-20-17-14-11-8-5-2/h10,13,16,19,21,23,25,27-28,30,49-51,55-56H,4-9,11-12,14-15,17-18,20,22,24,26,29,31-48H2,1-3H3,(H,54,57)/b13-10+,19-16+,23-21+,27-25+,30-28+. The lowest BCUT2D eigenvalue weighted by molar-refractivity contribution is -0.151. The number of nitrogens with one attached hydrogen (secondary N) is 1. The van der Waals surface area contributed by atoms with Crippen LogP contribution in [0.25, 0.3) is 0 Å². The average molecular weight is 826 g/mol. The van der Waals surface area contributed by atoms with Crippen LogP contribution in [0.3, 0.4) is 0 Å². The van der Waals surface area contributed by atoms with E-state index in [0.717, 1.165) is 70.6 Å². The molecule has 6 heteroatoms. The van der Waals surface area contributed by atoms with Crippen molar-refractivity contribution in [3.8, 4) is 0 Å². The number of rotatable bonds is 44. The highest BCUT2D eigenvalue weighted by Gasteiger charge is 2.24. The van der Waals surface area contributed by atoms with E-state index in [1.807, 2.05) is 36.5 Å². The Morgan fingerprint density at radius 2 is 0.898 bits per heavy atom. The first-order valence-electron chi connectivity index (χ1n) is 25.1. The maximum atomic E-state index is 13.2. The summed E-state index contributed by atoms with van der Waals surface area (Å²) >= 11 is 0. The molecule has 3 unspecified atom stereocenters. The first-order valence-corrected chi connectivity index (χ1v) is 25.1. The van der Waals surface area contributed by atoms with E-state index in [9.17, 15) is 19.8 Å². The molecule has 1 amide bonds. The second-order valence-electron chi connectivity index (χ2n) is 17.0. The van der Waals surface area contributed by atoms with Crippen LogP contribution < -0.4 is 5.32 Å². The lowest BCUT2D eigenvalue weighted by Gasteiger charge is -2.24. The number of aliphatic hydroxyl groups excluding tert-OH is 2. The van der Waals surface area contributed by atoms with Crippen molar-refractivity contribution in [2.24, 2.45) is 0 Å². The van der Waals surface area contributed by atoms with E-state index < -0.39 is 18.2 Å². The second kappa shape index (κ2) is 46.6. The number of aliphatic hydroxyl groups is 2. The van der Waals surface area contributed by atoms with E-state index in [1.165, 1.54) is 122 Å². The van der Waals surface area contributed by atoms with Gasteiger partial charge in [0.2, 0.25) is 5.91 Å². The van der Waals surface area contributed by atoms with Gasteiger partial charge in [-0.25, -0.2) is 0 Å². The molecule has 0 aliphatic rings. The Bertz CT molecular complexity index is 1060. The Morgan fingerprint density at radius 3 is 1.37 bits per heavy atom. The van der Waals surface area contributed by atoms with Gasteiger partial charge in [0.1, 0.15) is 6.10 Å². The summed E-state index contributed by atoms with van der Waals surface area (Å²) in [6.07, 6.45) is 57.1. The number of hydrogen-bond acceptors (Lipinski definition) is 5. The van der Waals surface area contributed by atoms with Gasteiger partial charge in [0.05, 0.1) is 25.2 Å². The highest BCUT2D eigenvalue weighted by Crippen LogP contribution is 2.17. The number of ether oxygens (including phenoxy) is 1. The summed E-state index contributed by atoms with van der Waals surface area (Å²) in [7, 11) is 0. The van der Waals surface area contributed by atoms with E-state index in [4.69, 9.17) is 4.74 Å². The van der Waals surface area contributed by atoms with E-state index in [-0.39, 0.29) is 24.9 Å². The zero-order chi connectivity index (χ0) is 43.1. The van der Waals surface area contributed by atoms with Crippen molar-refractivity contribution in [2.45, 2.75) is 257 Å². The molecule has 0 heterocycles. The van der Waals surface area contributed by atoms with Crippen LogP contribution in [0.1, 0.15) is 239 Å². The molecular weight excluding hydrogens is 731 g/mol. The smallest absolute Gasteiger partial charge is 0.306 e. The highest BCUT2D eigenvalue weighted by molar-refractivity contribution is 5.77. The first kappa shape index (κ1) is 56.6. The molecule has 342 valence electrons. The predicted molar refractivity (Wildman–Crippen MR) is 255 cm³/mol. The monoisotopic (exact) mass is 826 g/mol. The van der Waals surface area contributed by atoms with Crippen molar-refractivity contribution in [3.63, 3.8) is 0 Å². The molecule has 0 aliphatic carbocycles. The third kappa shape index (κ3) is 42.1. The summed E-state index contributed by atoms with van der Waals surface area (Å²) in [6, 6.07) is -0.714. The molecule has 0 aromatic rings. The first-order chi connectivity index (χ1) is 29.0. The fraction of sp³-hybridized carbons (Fsp3) is 0.774. The van der Waals surface area contributed by atoms with Gasteiger partial charge in [-0.2, -0.15) is 0 Å². The lowest BCUT2D eigenvalue weighted by Crippen LogP contribution is -2.46. The third-order valence-corrected chi connectivity index (χ3v) is 11.2. The SMILES string of the molecule is CCC/C=C/C=C/C=C/C=C/C=C/CCCCCC(CC(=O)NC(CO)C(O)CCCCCCCCCCC)OC(=O)CCCCCCCCCCCCCCCCC. The van der Waals surface area contributed by atoms with Gasteiger partial charge in [0.25, 0.3) is 0 Å². The molecule has 59 heavy (non-hydrogen) atoms. The van der Waals surface area contributed by atoms with Crippen molar-refractivity contribution in [1.82, 2.24) is 5.32 Å². The van der Waals surface area contributed by atoms with E-state index in [0.29, 0.717) is 19.3 Å². The van der Waals surface area contributed by atoms with Gasteiger partial charge in [-0.15, -0.1) is 0 Å². The molecule has 0 fully saturated rings. The minimum absolute atomic E-state index is 0.0499. The molecular formula is C53H95NO5. The molecule has 0 saturated heterocycles. The molecule has 0 aliphatic heterocycles. The van der Waals surface area contributed by atoms with Crippen molar-refractivity contribution in [1.29, 1.82) is 0 Å². The van der Waals surface area contributed by atoms with Gasteiger partial charge in [-0.1, -0.05) is 242 Å². The van der Waals surface area contributed by atoms with Crippen LogP contribution in [0.2, 0.25) is 0 Å². The van der Waals surface area contributed by atoms with E-state index in [2.05, 4.69) is 50.4 Å². The molecule has 0 spiro atoms. The Morgan fingerprint density at radius 1 is 0.492 bits per heavy atom. The largest absolute Gasteiger partial charge is 0.462 e. The third-order valence-electron chi connectivity index (χ3n) is 11.2. The van der Waals surface area contributed by atoms with Crippen LogP contribution >= 0.6 is 0 Å². The van der Waals surface area contributed by atoms with Gasteiger partial charge in [0, 0.05) is 6.42 Å². The molecule has 3 atom stereocenters. The van der Waals surface area contributed by atoms with Crippen LogP contribution in [0.5, 0.6) is 0 Å². The molecule has 0 bridgehead atoms. The minimum Gasteiger partial charge on any atom is -0.462 e. The molecule has 0 aromatic carbocycles. The fourth-order valence-corrected chi connectivity index (χ4v) is 7.40. The van der Waals surface area contributed by atoms with Gasteiger partial charge >= 0.3 is 5.97 Å². The average Bonchev–Trinajstić information content (AvgIpc) is 3.23. The summed E-state index contributed by atoms with van der Waals surface area (Å²) in [5.41, 5.74) is 0. The number of carbonyl (C=O) groups is 2. The number of hydrogen-bond donors (Lipinski definition) is 3. The molecule has 0 rings (SSSR count). The zero-order valence-electron chi connectivity index (χ0n) is 38.9. The fourth-order valence-electron chi connectivity index (χ4n) is 7.40. The van der Waals surface area contributed by atoms with Crippen LogP contribution in [0.4, 0.5) is 0 Å². The van der Waals surface area contributed by atoms with E-state index >= 15 is 0 Å². The molecule has 3 N–H and O–H groups in total. The highest BCUT2D eigenvalue weighted by atomic mass is 16.5. The Kier molecular flexibility index (Phi) is 44.7. The van der Waals surface area contributed by atoms with Gasteiger partial charge < -0.3 is 20.3 Å². The maximum Gasteiger partial charge on any atom is 0.306 e. The van der Waals surface area contributed by atoms with Crippen molar-refractivity contribution < 1.29 is 24.5 Å². The van der Waals surface area contributed by atoms with Crippen LogP contribution in [-0.4, -0.2) is 46.9 Å². The Balaban J connectivity index is 4.67. The number of carbonyl (C=O) groups excluding carboxylic acids is 2. The number of allylic oxidation sites excluding steroid dienone is 10. The Labute approximate surface area is 365 Å². The topological polar surface area (TPSA) is 95.9 Å². The maximum absolute atomic E-state index is 13.2. The second-order valence-corrected chi connectivity index (χ2v) is 17.0. The summed E-state index contributed by atoms with van der Waals surface area (Å²) < 4.78 is 5.91. The normalized spacial score (nSPS) is 13.8. The molecule has 0 aromatic heterocycles. The predicted octanol–water partition coefficient (Wildman–Crippen LogP) is 14.8. The van der Waals surface area contributed by atoms with Gasteiger partial charge in [-0.05, 0) is 44.9 Å². The van der Waals surface area contributed by atoms with Crippen molar-refractivity contribution >= 4 is 11.9 Å². The number of esters is 1. The minimum atomic E-state index is -0.798. The quantitative estimate of drug-likeness (QED) is 0.0323. The summed E-state index contributed by atoms with van der Waals surface area (Å²) in [5.74, 6) is -0.513. The van der Waals surface area contributed by atoms with Crippen LogP contribution in [-0.2, 0) is 14.3 Å². The lowest BCUT2D eigenvalue weighted by atomic mass is 10.0. The molecule has 6 nitrogen and oxygen atoms in total. The Hall–Kier alpha value is -2.44. The van der Waals surface area contributed by atoms with Crippen LogP contribution in [0, 0.1) is 0 Å². The summed E-state index contributed by atoms with van der Waals surface area (Å²) in [4.78, 5) is 26.1. The summed E-state index contributed by atoms with van der Waals surface area (Å²) in [5, 5.41) is 23.6. The van der Waals surface area contributed by atoms with Gasteiger partial charge in [0.15, 0.2) is 0 Å². The summed E-state index contributed by atoms with van der Waals surface area (Å²) in [6.45, 7) is 6.36. The van der Waals surface area contributed by atoms with Gasteiger partial charge in [-0.3, -0.25) is 9.59 Å². The molecule has 0 radical (unpaired) electrons. The van der Waals surface area contributed by atoms with Crippen molar-refractivity contribution in [3.05, 3.63) is 60.8 Å². The molecule has 0 saturated carbocycles. The number of unbranched alkanes of at least 4 members (excludes halogenated alkanes) is 26.